The second kappa shape index (κ2) is 2.74. The van der Waals surface area contributed by atoms with Crippen molar-refractivity contribution in [2.75, 3.05) is 0 Å². The van der Waals surface area contributed by atoms with Gasteiger partial charge in [-0.1, -0.05) is 0 Å². The summed E-state index contributed by atoms with van der Waals surface area (Å²) in [6.07, 6.45) is 0.177. The van der Waals surface area contributed by atoms with Crippen LogP contribution in [0.5, 0.6) is 0 Å². The van der Waals surface area contributed by atoms with Crippen LogP contribution in [0, 0.1) is 0 Å². The van der Waals surface area contributed by atoms with Gasteiger partial charge in [-0.2, -0.15) is 5.16 Å². The second-order valence-corrected chi connectivity index (χ2v) is 2.91. The van der Waals surface area contributed by atoms with Crippen LogP contribution >= 0.6 is 0 Å². The van der Waals surface area contributed by atoms with E-state index in [0.29, 0.717) is 11.3 Å². The number of aromatic nitrogens is 1. The summed E-state index contributed by atoms with van der Waals surface area (Å²) in [7, 11) is 0. The first-order chi connectivity index (χ1) is 6.18. The molecule has 1 aromatic rings. The average molecular weight is 184 g/mol. The highest BCUT2D eigenvalue weighted by molar-refractivity contribution is 5.74. The van der Waals surface area contributed by atoms with Gasteiger partial charge in [-0.25, -0.2) is 0 Å². The summed E-state index contributed by atoms with van der Waals surface area (Å²) in [5.41, 5.74) is 0.105. The number of H-pyrrole nitrogens is 1. The van der Waals surface area contributed by atoms with Crippen molar-refractivity contribution in [2.45, 2.75) is 19.0 Å². The maximum absolute atomic E-state index is 11.1. The zero-order valence-corrected chi connectivity index (χ0v) is 6.66. The number of aromatic amines is 1. The van der Waals surface area contributed by atoms with E-state index in [0.717, 1.165) is 0 Å². The van der Waals surface area contributed by atoms with Crippen LogP contribution in [0.25, 0.3) is 0 Å². The highest BCUT2D eigenvalue weighted by atomic mass is 16.5. The van der Waals surface area contributed by atoms with Gasteiger partial charge in [-0.3, -0.25) is 14.9 Å². The lowest BCUT2D eigenvalue weighted by atomic mass is 10.0. The average Bonchev–Trinajstić information content (AvgIpc) is 2.47. The Kier molecular flexibility index (Phi) is 1.70. The van der Waals surface area contributed by atoms with Gasteiger partial charge < -0.3 is 9.63 Å². The summed E-state index contributed by atoms with van der Waals surface area (Å²) in [6, 6.07) is -0.689. The Morgan fingerprint density at radius 1 is 1.62 bits per heavy atom. The van der Waals surface area contributed by atoms with Crippen molar-refractivity contribution in [2.24, 2.45) is 0 Å². The van der Waals surface area contributed by atoms with E-state index in [1.165, 1.54) is 0 Å². The fraction of sp³-hybridized carbons (Fsp3) is 0.429. The summed E-state index contributed by atoms with van der Waals surface area (Å²) in [5.74, 6) is -0.450. The highest BCUT2D eigenvalue weighted by Crippen LogP contribution is 2.11. The number of carboxylic acids is 1. The SMILES string of the molecule is O=C(O)C1Cc2c(o[nH]c2=O)CN1. The Labute approximate surface area is 72.5 Å². The van der Waals surface area contributed by atoms with Crippen LogP contribution in [-0.2, 0) is 17.8 Å². The Morgan fingerprint density at radius 3 is 3.08 bits per heavy atom. The Balaban J connectivity index is 2.33. The predicted octanol–water partition coefficient (Wildman–Crippen LogP) is -0.933. The number of hydrogen-bond acceptors (Lipinski definition) is 4. The number of fused-ring (bicyclic) bond motifs is 1. The third-order valence-corrected chi connectivity index (χ3v) is 2.09. The number of nitrogens with one attached hydrogen (secondary N) is 2. The summed E-state index contributed by atoms with van der Waals surface area (Å²) < 4.78 is 4.82. The fourth-order valence-corrected chi connectivity index (χ4v) is 1.37. The normalized spacial score (nSPS) is 21.1. The monoisotopic (exact) mass is 184 g/mol. The first-order valence-corrected chi connectivity index (χ1v) is 3.84. The molecule has 0 aliphatic carbocycles. The molecule has 0 radical (unpaired) electrons. The van der Waals surface area contributed by atoms with Crippen LogP contribution in [0.3, 0.4) is 0 Å². The minimum absolute atomic E-state index is 0.177. The van der Waals surface area contributed by atoms with E-state index in [1.807, 2.05) is 0 Å². The highest BCUT2D eigenvalue weighted by Gasteiger charge is 2.27. The molecular formula is C7H8N2O4. The molecule has 0 saturated carbocycles. The molecule has 6 heteroatoms. The lowest BCUT2D eigenvalue weighted by Crippen LogP contribution is -2.42. The maximum atomic E-state index is 11.1. The van der Waals surface area contributed by atoms with Crippen molar-refractivity contribution in [1.29, 1.82) is 0 Å². The molecule has 1 atom stereocenters. The van der Waals surface area contributed by atoms with Gasteiger partial charge in [0.15, 0.2) is 5.76 Å². The zero-order valence-electron chi connectivity index (χ0n) is 6.66. The molecule has 70 valence electrons. The van der Waals surface area contributed by atoms with Crippen LogP contribution in [-0.4, -0.2) is 22.3 Å². The van der Waals surface area contributed by atoms with Crippen molar-refractivity contribution < 1.29 is 14.4 Å². The van der Waals surface area contributed by atoms with Gasteiger partial charge >= 0.3 is 5.97 Å². The van der Waals surface area contributed by atoms with Gasteiger partial charge in [0, 0.05) is 6.42 Å². The van der Waals surface area contributed by atoms with E-state index in [1.54, 1.807) is 0 Å². The molecule has 13 heavy (non-hydrogen) atoms. The molecule has 0 saturated heterocycles. The lowest BCUT2D eigenvalue weighted by molar-refractivity contribution is -0.139. The van der Waals surface area contributed by atoms with Crippen LogP contribution < -0.4 is 10.9 Å². The topological polar surface area (TPSA) is 95.3 Å². The van der Waals surface area contributed by atoms with Gasteiger partial charge in [-0.05, 0) is 0 Å². The molecule has 0 fully saturated rings. The standard InChI is InChI=1S/C7H8N2O4/c10-6-3-1-4(7(11)12)8-2-5(3)13-9-6/h4,8H,1-2H2,(H,9,10)(H,11,12). The van der Waals surface area contributed by atoms with E-state index in [2.05, 4.69) is 10.5 Å². The Bertz CT molecular complexity index is 391. The third-order valence-electron chi connectivity index (χ3n) is 2.09. The quantitative estimate of drug-likeness (QED) is 0.524. The fourth-order valence-electron chi connectivity index (χ4n) is 1.37. The largest absolute Gasteiger partial charge is 0.480 e. The summed E-state index contributed by atoms with van der Waals surface area (Å²) in [5, 5.41) is 13.6. The molecular weight excluding hydrogens is 176 g/mol. The number of carbonyl (C=O) groups is 1. The molecule has 3 N–H and O–H groups in total. The predicted molar refractivity (Wildman–Crippen MR) is 41.3 cm³/mol. The van der Waals surface area contributed by atoms with E-state index < -0.39 is 12.0 Å². The van der Waals surface area contributed by atoms with Crippen molar-refractivity contribution in [3.63, 3.8) is 0 Å². The molecule has 0 amide bonds. The zero-order chi connectivity index (χ0) is 9.42. The molecule has 1 aromatic heterocycles. The van der Waals surface area contributed by atoms with E-state index in [9.17, 15) is 9.59 Å². The van der Waals surface area contributed by atoms with E-state index >= 15 is 0 Å². The number of carboxylic acid groups (broad SMARTS) is 1. The molecule has 0 aromatic carbocycles. The van der Waals surface area contributed by atoms with Crippen LogP contribution in [0.2, 0.25) is 0 Å². The van der Waals surface area contributed by atoms with E-state index in [4.69, 9.17) is 9.63 Å². The Morgan fingerprint density at radius 2 is 2.38 bits per heavy atom. The van der Waals surface area contributed by atoms with Crippen LogP contribution in [0.4, 0.5) is 0 Å². The van der Waals surface area contributed by atoms with Gasteiger partial charge in [0.1, 0.15) is 6.04 Å². The maximum Gasteiger partial charge on any atom is 0.321 e. The van der Waals surface area contributed by atoms with Crippen molar-refractivity contribution >= 4 is 5.97 Å². The van der Waals surface area contributed by atoms with Gasteiger partial charge in [0.05, 0.1) is 12.1 Å². The second-order valence-electron chi connectivity index (χ2n) is 2.91. The van der Waals surface area contributed by atoms with Crippen molar-refractivity contribution in [1.82, 2.24) is 10.5 Å². The summed E-state index contributed by atoms with van der Waals surface area (Å²) in [6.45, 7) is 0.283. The number of rotatable bonds is 1. The summed E-state index contributed by atoms with van der Waals surface area (Å²) in [4.78, 5) is 21.7. The first kappa shape index (κ1) is 8.06. The molecule has 1 aliphatic rings. The number of aliphatic carboxylic acids is 1. The summed E-state index contributed by atoms with van der Waals surface area (Å²) >= 11 is 0. The first-order valence-electron chi connectivity index (χ1n) is 3.84. The van der Waals surface area contributed by atoms with Gasteiger partial charge in [0.2, 0.25) is 0 Å². The molecule has 0 spiro atoms. The van der Waals surface area contributed by atoms with Crippen molar-refractivity contribution in [3.8, 4) is 0 Å². The molecule has 0 bridgehead atoms. The third kappa shape index (κ3) is 1.25. The van der Waals surface area contributed by atoms with Crippen LogP contribution in [0.15, 0.2) is 9.32 Å². The Hall–Kier alpha value is -1.56. The van der Waals surface area contributed by atoms with Gasteiger partial charge in [-0.15, -0.1) is 0 Å². The molecule has 6 nitrogen and oxygen atoms in total. The lowest BCUT2D eigenvalue weighted by Gasteiger charge is -2.17. The minimum Gasteiger partial charge on any atom is -0.480 e. The van der Waals surface area contributed by atoms with Gasteiger partial charge in [0.25, 0.3) is 5.56 Å². The van der Waals surface area contributed by atoms with Crippen LogP contribution in [0.1, 0.15) is 11.3 Å². The minimum atomic E-state index is -0.953. The molecule has 2 heterocycles. The molecule has 1 unspecified atom stereocenters. The number of hydrogen-bond donors (Lipinski definition) is 3. The van der Waals surface area contributed by atoms with Crippen molar-refractivity contribution in [3.05, 3.63) is 21.7 Å². The van der Waals surface area contributed by atoms with E-state index in [-0.39, 0.29) is 18.5 Å². The smallest absolute Gasteiger partial charge is 0.321 e. The molecule has 2 rings (SSSR count). The molecule has 1 aliphatic heterocycles.